The first-order chi connectivity index (χ1) is 6.65. The van der Waals surface area contributed by atoms with Crippen LogP contribution in [0.5, 0.6) is 0 Å². The second-order valence-electron chi connectivity index (χ2n) is 3.03. The van der Waals surface area contributed by atoms with E-state index in [0.717, 1.165) is 0 Å². The molecule has 1 N–H and O–H groups in total. The van der Waals surface area contributed by atoms with E-state index < -0.39 is 18.3 Å². The number of nitrogens with one attached hydrogen (secondary N) is 1. The second kappa shape index (κ2) is 5.00. The van der Waals surface area contributed by atoms with E-state index in [9.17, 15) is 13.2 Å². The molecule has 1 atom stereocenters. The Bertz CT molecular complexity index is 288. The van der Waals surface area contributed by atoms with Gasteiger partial charge in [0.25, 0.3) is 6.43 Å². The van der Waals surface area contributed by atoms with Gasteiger partial charge in [-0.15, -0.1) is 0 Å². The monoisotopic (exact) mass is 203 g/mol. The molecule has 0 spiro atoms. The Balaban J connectivity index is 2.72. The predicted molar refractivity (Wildman–Crippen MR) is 49.0 cm³/mol. The molecular weight excluding hydrogens is 191 g/mol. The Morgan fingerprint density at radius 2 is 1.93 bits per heavy atom. The molecule has 0 fully saturated rings. The molecule has 1 unspecified atom stereocenters. The number of benzene rings is 1. The number of rotatable bonds is 4. The van der Waals surface area contributed by atoms with Gasteiger partial charge >= 0.3 is 0 Å². The third kappa shape index (κ3) is 2.73. The maximum Gasteiger partial charge on any atom is 0.254 e. The third-order valence-electron chi connectivity index (χ3n) is 2.07. The highest BCUT2D eigenvalue weighted by molar-refractivity contribution is 5.18. The van der Waals surface area contributed by atoms with Crippen molar-refractivity contribution in [2.45, 2.75) is 18.9 Å². The van der Waals surface area contributed by atoms with Gasteiger partial charge in [-0.2, -0.15) is 0 Å². The van der Waals surface area contributed by atoms with Crippen molar-refractivity contribution < 1.29 is 13.2 Å². The van der Waals surface area contributed by atoms with Gasteiger partial charge < -0.3 is 5.32 Å². The third-order valence-corrected chi connectivity index (χ3v) is 2.07. The average molecular weight is 203 g/mol. The molecule has 78 valence electrons. The largest absolute Gasteiger partial charge is 0.312 e. The van der Waals surface area contributed by atoms with Gasteiger partial charge in [0.15, 0.2) is 0 Å². The zero-order chi connectivity index (χ0) is 10.6. The molecule has 0 radical (unpaired) electrons. The van der Waals surface area contributed by atoms with E-state index in [1.54, 1.807) is 6.07 Å². The van der Waals surface area contributed by atoms with Crippen molar-refractivity contribution in [3.05, 3.63) is 35.6 Å². The van der Waals surface area contributed by atoms with Crippen LogP contribution >= 0.6 is 0 Å². The van der Waals surface area contributed by atoms with Crippen LogP contribution < -0.4 is 5.32 Å². The smallest absolute Gasteiger partial charge is 0.254 e. The number of halogens is 3. The lowest BCUT2D eigenvalue weighted by Gasteiger charge is -2.15. The molecule has 0 aromatic heterocycles. The molecule has 0 aliphatic heterocycles. The summed E-state index contributed by atoms with van der Waals surface area (Å²) in [4.78, 5) is 0. The lowest BCUT2D eigenvalue weighted by molar-refractivity contribution is 0.102. The van der Waals surface area contributed by atoms with E-state index in [1.165, 1.54) is 25.2 Å². The lowest BCUT2D eigenvalue weighted by atomic mass is 10.1. The molecule has 0 heterocycles. The standard InChI is InChI=1S/C10H12F3N/c1-14-9(10(12)13)6-7-4-2-3-5-8(7)11/h2-5,9-10,14H,6H2,1H3. The van der Waals surface area contributed by atoms with Gasteiger partial charge in [0.05, 0.1) is 6.04 Å². The first-order valence-corrected chi connectivity index (χ1v) is 4.34. The summed E-state index contributed by atoms with van der Waals surface area (Å²) in [5.41, 5.74) is 0.312. The fraction of sp³-hybridized carbons (Fsp3) is 0.400. The topological polar surface area (TPSA) is 12.0 Å². The molecule has 4 heteroatoms. The molecule has 0 saturated heterocycles. The SMILES string of the molecule is CNC(Cc1ccccc1F)C(F)F. The van der Waals surface area contributed by atoms with Gasteiger partial charge in [0, 0.05) is 0 Å². The van der Waals surface area contributed by atoms with E-state index in [0.29, 0.717) is 5.56 Å². The fourth-order valence-corrected chi connectivity index (χ4v) is 1.22. The van der Waals surface area contributed by atoms with E-state index in [1.807, 2.05) is 0 Å². The quantitative estimate of drug-likeness (QED) is 0.791. The van der Waals surface area contributed by atoms with E-state index in [4.69, 9.17) is 0 Å². The summed E-state index contributed by atoms with van der Waals surface area (Å²) < 4.78 is 37.7. The van der Waals surface area contributed by atoms with Crippen molar-refractivity contribution in [3.8, 4) is 0 Å². The Labute approximate surface area is 80.9 Å². The average Bonchev–Trinajstić information content (AvgIpc) is 2.16. The summed E-state index contributed by atoms with van der Waals surface area (Å²) in [7, 11) is 1.44. The van der Waals surface area contributed by atoms with Gasteiger partial charge in [-0.05, 0) is 25.1 Å². The lowest BCUT2D eigenvalue weighted by Crippen LogP contribution is -2.34. The molecule has 1 aromatic rings. The fourth-order valence-electron chi connectivity index (χ4n) is 1.22. The van der Waals surface area contributed by atoms with Crippen LogP contribution in [-0.4, -0.2) is 19.5 Å². The number of hydrogen-bond acceptors (Lipinski definition) is 1. The highest BCUT2D eigenvalue weighted by Gasteiger charge is 2.19. The molecule has 1 rings (SSSR count). The van der Waals surface area contributed by atoms with Gasteiger partial charge in [-0.25, -0.2) is 13.2 Å². The van der Waals surface area contributed by atoms with E-state index in [-0.39, 0.29) is 6.42 Å². The van der Waals surface area contributed by atoms with Crippen molar-refractivity contribution in [1.82, 2.24) is 5.32 Å². The molecule has 1 aromatic carbocycles. The molecule has 1 nitrogen and oxygen atoms in total. The van der Waals surface area contributed by atoms with Crippen molar-refractivity contribution >= 4 is 0 Å². The molecule has 0 amide bonds. The van der Waals surface area contributed by atoms with Crippen molar-refractivity contribution in [2.24, 2.45) is 0 Å². The Morgan fingerprint density at radius 3 is 2.43 bits per heavy atom. The van der Waals surface area contributed by atoms with Crippen LogP contribution in [0.2, 0.25) is 0 Å². The minimum atomic E-state index is -2.49. The summed E-state index contributed by atoms with van der Waals surface area (Å²) in [6.07, 6.45) is -2.49. The zero-order valence-corrected chi connectivity index (χ0v) is 7.81. The molecule has 14 heavy (non-hydrogen) atoms. The van der Waals surface area contributed by atoms with Crippen LogP contribution in [0.1, 0.15) is 5.56 Å². The molecule has 0 saturated carbocycles. The van der Waals surface area contributed by atoms with Crippen LogP contribution in [0.3, 0.4) is 0 Å². The van der Waals surface area contributed by atoms with Crippen LogP contribution in [0.15, 0.2) is 24.3 Å². The number of hydrogen-bond donors (Lipinski definition) is 1. The van der Waals surface area contributed by atoms with Gasteiger partial charge in [0.2, 0.25) is 0 Å². The predicted octanol–water partition coefficient (Wildman–Crippen LogP) is 2.22. The van der Waals surface area contributed by atoms with Crippen molar-refractivity contribution in [1.29, 1.82) is 0 Å². The number of alkyl halides is 2. The summed E-state index contributed by atoms with van der Waals surface area (Å²) in [6.45, 7) is 0. The maximum absolute atomic E-state index is 13.1. The highest BCUT2D eigenvalue weighted by Crippen LogP contribution is 2.12. The molecule has 0 aliphatic rings. The van der Waals surface area contributed by atoms with E-state index in [2.05, 4.69) is 5.32 Å². The first-order valence-electron chi connectivity index (χ1n) is 4.34. The van der Waals surface area contributed by atoms with Crippen LogP contribution in [-0.2, 0) is 6.42 Å². The normalized spacial score (nSPS) is 13.2. The number of likely N-dealkylation sites (N-methyl/N-ethyl adjacent to an activating group) is 1. The van der Waals surface area contributed by atoms with Crippen LogP contribution in [0, 0.1) is 5.82 Å². The van der Waals surface area contributed by atoms with Crippen LogP contribution in [0.25, 0.3) is 0 Å². The van der Waals surface area contributed by atoms with Gasteiger partial charge in [-0.1, -0.05) is 18.2 Å². The molecule has 0 bridgehead atoms. The summed E-state index contributed by atoms with van der Waals surface area (Å²) in [5.74, 6) is -0.437. The minimum absolute atomic E-state index is 0.000833. The van der Waals surface area contributed by atoms with Crippen molar-refractivity contribution in [2.75, 3.05) is 7.05 Å². The first kappa shape index (κ1) is 11.0. The highest BCUT2D eigenvalue weighted by atomic mass is 19.3. The molecule has 0 aliphatic carbocycles. The summed E-state index contributed by atoms with van der Waals surface area (Å²) >= 11 is 0. The second-order valence-corrected chi connectivity index (χ2v) is 3.03. The zero-order valence-electron chi connectivity index (χ0n) is 7.81. The van der Waals surface area contributed by atoms with Crippen LogP contribution in [0.4, 0.5) is 13.2 Å². The Morgan fingerprint density at radius 1 is 1.29 bits per heavy atom. The Kier molecular flexibility index (Phi) is 3.95. The minimum Gasteiger partial charge on any atom is -0.312 e. The van der Waals surface area contributed by atoms with E-state index >= 15 is 0 Å². The van der Waals surface area contributed by atoms with Gasteiger partial charge in [-0.3, -0.25) is 0 Å². The molecular formula is C10H12F3N. The van der Waals surface area contributed by atoms with Gasteiger partial charge in [0.1, 0.15) is 5.82 Å². The summed E-state index contributed by atoms with van der Waals surface area (Å²) in [5, 5.41) is 2.46. The summed E-state index contributed by atoms with van der Waals surface area (Å²) in [6, 6.07) is 4.97. The maximum atomic E-state index is 13.1. The Hall–Kier alpha value is -1.03. The van der Waals surface area contributed by atoms with Crippen molar-refractivity contribution in [3.63, 3.8) is 0 Å².